The Labute approximate surface area is 70.1 Å². The van der Waals surface area contributed by atoms with Gasteiger partial charge in [0.2, 0.25) is 0 Å². The Bertz CT molecular complexity index is 93.6. The molecule has 0 saturated carbocycles. The number of methoxy groups -OCH3 is 1. The average Bonchev–Trinajstić information content (AvgIpc) is 1.98. The Hall–Kier alpha value is -0.0800. The van der Waals surface area contributed by atoms with Crippen molar-refractivity contribution in [2.24, 2.45) is 11.7 Å². The van der Waals surface area contributed by atoms with Crippen molar-refractivity contribution in [1.29, 1.82) is 0 Å². The van der Waals surface area contributed by atoms with Crippen molar-refractivity contribution in [3.63, 3.8) is 0 Å². The van der Waals surface area contributed by atoms with Crippen LogP contribution in [-0.4, -0.2) is 19.3 Å². The topological polar surface area (TPSA) is 35.2 Å². The molecule has 0 radical (unpaired) electrons. The van der Waals surface area contributed by atoms with Crippen LogP contribution in [0.5, 0.6) is 0 Å². The fourth-order valence-corrected chi connectivity index (χ4v) is 0.935. The first-order chi connectivity index (χ1) is 5.07. The van der Waals surface area contributed by atoms with Gasteiger partial charge in [-0.25, -0.2) is 0 Å². The smallest absolute Gasteiger partial charge is 0.0694 e. The summed E-state index contributed by atoms with van der Waals surface area (Å²) in [7, 11) is 1.71. The van der Waals surface area contributed by atoms with Gasteiger partial charge in [0.15, 0.2) is 0 Å². The van der Waals surface area contributed by atoms with Gasteiger partial charge in [-0.15, -0.1) is 0 Å². The van der Waals surface area contributed by atoms with Crippen molar-refractivity contribution in [1.82, 2.24) is 0 Å². The zero-order chi connectivity index (χ0) is 8.85. The Morgan fingerprint density at radius 1 is 1.18 bits per heavy atom. The zero-order valence-corrected chi connectivity index (χ0v) is 8.13. The largest absolute Gasteiger partial charge is 0.380 e. The molecule has 0 amide bonds. The Morgan fingerprint density at radius 3 is 2.09 bits per heavy atom. The lowest BCUT2D eigenvalue weighted by Gasteiger charge is -2.18. The molecule has 0 aromatic carbocycles. The SMILES string of the molecule is COC(C)C(N)CCC(C)C. The molecule has 2 atom stereocenters. The van der Waals surface area contributed by atoms with Gasteiger partial charge in [0.25, 0.3) is 0 Å². The van der Waals surface area contributed by atoms with Gasteiger partial charge in [-0.05, 0) is 25.7 Å². The van der Waals surface area contributed by atoms with Crippen LogP contribution in [0.4, 0.5) is 0 Å². The molecule has 2 heteroatoms. The minimum atomic E-state index is 0.189. The minimum Gasteiger partial charge on any atom is -0.380 e. The molecule has 0 aromatic rings. The highest BCUT2D eigenvalue weighted by atomic mass is 16.5. The summed E-state index contributed by atoms with van der Waals surface area (Å²) >= 11 is 0. The lowest BCUT2D eigenvalue weighted by molar-refractivity contribution is 0.0912. The maximum Gasteiger partial charge on any atom is 0.0694 e. The van der Waals surface area contributed by atoms with Crippen LogP contribution in [-0.2, 0) is 4.74 Å². The highest BCUT2D eigenvalue weighted by Crippen LogP contribution is 2.08. The summed E-state index contributed by atoms with van der Waals surface area (Å²) in [5.41, 5.74) is 5.85. The van der Waals surface area contributed by atoms with Crippen molar-refractivity contribution in [2.75, 3.05) is 7.11 Å². The summed E-state index contributed by atoms with van der Waals surface area (Å²) in [6, 6.07) is 0.197. The Morgan fingerprint density at radius 2 is 1.73 bits per heavy atom. The minimum absolute atomic E-state index is 0.189. The van der Waals surface area contributed by atoms with E-state index in [0.717, 1.165) is 12.3 Å². The quantitative estimate of drug-likeness (QED) is 0.663. The van der Waals surface area contributed by atoms with Crippen molar-refractivity contribution in [3.05, 3.63) is 0 Å². The van der Waals surface area contributed by atoms with E-state index in [1.54, 1.807) is 7.11 Å². The molecule has 2 nitrogen and oxygen atoms in total. The summed E-state index contributed by atoms with van der Waals surface area (Å²) < 4.78 is 5.12. The first-order valence-electron chi connectivity index (χ1n) is 4.36. The lowest BCUT2D eigenvalue weighted by Crippen LogP contribution is -2.33. The van der Waals surface area contributed by atoms with Crippen LogP contribution < -0.4 is 5.73 Å². The van der Waals surface area contributed by atoms with Crippen LogP contribution in [0.2, 0.25) is 0 Å². The normalized spacial score (nSPS) is 16.9. The maximum atomic E-state index is 5.85. The second-order valence-electron chi connectivity index (χ2n) is 3.58. The fraction of sp³-hybridized carbons (Fsp3) is 1.00. The third-order valence-electron chi connectivity index (χ3n) is 2.05. The molecule has 11 heavy (non-hydrogen) atoms. The molecule has 0 aromatic heterocycles. The maximum absolute atomic E-state index is 5.85. The van der Waals surface area contributed by atoms with Gasteiger partial charge >= 0.3 is 0 Å². The number of hydrogen-bond donors (Lipinski definition) is 1. The molecule has 0 saturated heterocycles. The summed E-state index contributed by atoms with van der Waals surface area (Å²) in [5.74, 6) is 0.741. The second-order valence-corrected chi connectivity index (χ2v) is 3.58. The van der Waals surface area contributed by atoms with E-state index in [1.807, 2.05) is 6.92 Å². The van der Waals surface area contributed by atoms with E-state index in [-0.39, 0.29) is 12.1 Å². The third-order valence-corrected chi connectivity index (χ3v) is 2.05. The van der Waals surface area contributed by atoms with Gasteiger partial charge in [0.05, 0.1) is 6.10 Å². The first-order valence-corrected chi connectivity index (χ1v) is 4.36. The van der Waals surface area contributed by atoms with Gasteiger partial charge in [-0.2, -0.15) is 0 Å². The number of hydrogen-bond acceptors (Lipinski definition) is 2. The van der Waals surface area contributed by atoms with Crippen LogP contribution in [0.3, 0.4) is 0 Å². The fourth-order valence-electron chi connectivity index (χ4n) is 0.935. The van der Waals surface area contributed by atoms with Crippen molar-refractivity contribution < 1.29 is 4.74 Å². The number of nitrogens with two attached hydrogens (primary N) is 1. The highest BCUT2D eigenvalue weighted by molar-refractivity contribution is 4.69. The van der Waals surface area contributed by atoms with Gasteiger partial charge in [-0.3, -0.25) is 0 Å². The molecule has 0 aliphatic carbocycles. The molecule has 0 aliphatic heterocycles. The predicted molar refractivity (Wildman–Crippen MR) is 48.5 cm³/mol. The molecule has 2 N–H and O–H groups in total. The van der Waals surface area contributed by atoms with Gasteiger partial charge in [-0.1, -0.05) is 13.8 Å². The van der Waals surface area contributed by atoms with Crippen molar-refractivity contribution in [2.45, 2.75) is 45.8 Å². The van der Waals surface area contributed by atoms with E-state index in [0.29, 0.717) is 0 Å². The van der Waals surface area contributed by atoms with E-state index in [4.69, 9.17) is 10.5 Å². The summed E-state index contributed by atoms with van der Waals surface area (Å²) in [6.45, 7) is 6.44. The first kappa shape index (κ1) is 10.9. The number of ether oxygens (including phenoxy) is 1. The van der Waals surface area contributed by atoms with Gasteiger partial charge in [0.1, 0.15) is 0 Å². The Kier molecular flexibility index (Phi) is 5.51. The molecule has 0 bridgehead atoms. The third kappa shape index (κ3) is 5.22. The second kappa shape index (κ2) is 5.56. The van der Waals surface area contributed by atoms with E-state index < -0.39 is 0 Å². The van der Waals surface area contributed by atoms with E-state index in [2.05, 4.69) is 13.8 Å². The van der Waals surface area contributed by atoms with Crippen molar-refractivity contribution >= 4 is 0 Å². The monoisotopic (exact) mass is 159 g/mol. The van der Waals surface area contributed by atoms with Crippen LogP contribution in [0.15, 0.2) is 0 Å². The summed E-state index contributed by atoms with van der Waals surface area (Å²) in [6.07, 6.45) is 2.44. The molecule has 68 valence electrons. The average molecular weight is 159 g/mol. The van der Waals surface area contributed by atoms with E-state index >= 15 is 0 Å². The van der Waals surface area contributed by atoms with Crippen LogP contribution in [0.1, 0.15) is 33.6 Å². The molecule has 2 unspecified atom stereocenters. The standard InChI is InChI=1S/C9H21NO/c1-7(2)5-6-9(10)8(3)11-4/h7-9H,5-6,10H2,1-4H3. The molecule has 0 fully saturated rings. The summed E-state index contributed by atoms with van der Waals surface area (Å²) in [4.78, 5) is 0. The summed E-state index contributed by atoms with van der Waals surface area (Å²) in [5, 5.41) is 0. The highest BCUT2D eigenvalue weighted by Gasteiger charge is 2.11. The molecule has 0 heterocycles. The van der Waals surface area contributed by atoms with E-state index in [1.165, 1.54) is 6.42 Å². The van der Waals surface area contributed by atoms with Crippen molar-refractivity contribution in [3.8, 4) is 0 Å². The molecule has 0 aliphatic rings. The van der Waals surface area contributed by atoms with Crippen LogP contribution in [0.25, 0.3) is 0 Å². The van der Waals surface area contributed by atoms with Gasteiger partial charge in [0, 0.05) is 13.2 Å². The van der Waals surface area contributed by atoms with Gasteiger partial charge < -0.3 is 10.5 Å². The number of rotatable bonds is 5. The molecule has 0 spiro atoms. The molecule has 0 rings (SSSR count). The molecular formula is C9H21NO. The molecular weight excluding hydrogens is 138 g/mol. The van der Waals surface area contributed by atoms with E-state index in [9.17, 15) is 0 Å². The van der Waals surface area contributed by atoms with Crippen LogP contribution >= 0.6 is 0 Å². The van der Waals surface area contributed by atoms with Crippen LogP contribution in [0, 0.1) is 5.92 Å². The lowest BCUT2D eigenvalue weighted by atomic mass is 10.0. The predicted octanol–water partition coefficient (Wildman–Crippen LogP) is 1.78. The Balaban J connectivity index is 3.43. The zero-order valence-electron chi connectivity index (χ0n) is 8.13.